The van der Waals surface area contributed by atoms with Gasteiger partial charge in [0, 0.05) is 11.8 Å². The zero-order valence-corrected chi connectivity index (χ0v) is 15.0. The summed E-state index contributed by atoms with van der Waals surface area (Å²) in [5, 5.41) is 7.13. The molecule has 0 aliphatic heterocycles. The monoisotopic (exact) mass is 402 g/mol. The Morgan fingerprint density at radius 3 is 2.39 bits per heavy atom. The lowest BCUT2D eigenvalue weighted by Gasteiger charge is -2.17. The minimum atomic E-state index is -4.81. The van der Waals surface area contributed by atoms with Gasteiger partial charge in [0.2, 0.25) is 5.82 Å². The molecule has 0 N–H and O–H groups in total. The van der Waals surface area contributed by atoms with Crippen molar-refractivity contribution in [3.05, 3.63) is 42.0 Å². The third-order valence-corrected chi connectivity index (χ3v) is 3.64. The Labute approximate surface area is 155 Å². The van der Waals surface area contributed by atoms with Gasteiger partial charge in [-0.1, -0.05) is 0 Å². The highest BCUT2D eigenvalue weighted by atomic mass is 19.4. The van der Waals surface area contributed by atoms with Gasteiger partial charge in [-0.3, -0.25) is 9.38 Å². The summed E-state index contributed by atoms with van der Waals surface area (Å²) in [6, 6.07) is 3.65. The summed E-state index contributed by atoms with van der Waals surface area (Å²) in [7, 11) is 0. The van der Waals surface area contributed by atoms with Crippen LogP contribution < -0.4 is 4.74 Å². The summed E-state index contributed by atoms with van der Waals surface area (Å²) in [4.78, 5) is 4.13. The summed E-state index contributed by atoms with van der Waals surface area (Å²) in [6.07, 6.45) is -6.76. The predicted octanol–water partition coefficient (Wildman–Crippen LogP) is 4.47. The molecule has 0 atom stereocenters. The first kappa shape index (κ1) is 19.9. The fraction of sp³-hybridized carbons (Fsp3) is 0.353. The highest BCUT2D eigenvalue weighted by Gasteiger charge is 2.40. The maximum absolute atomic E-state index is 14.3. The van der Waals surface area contributed by atoms with Crippen molar-refractivity contribution in [3.8, 4) is 17.0 Å². The summed E-state index contributed by atoms with van der Waals surface area (Å²) in [5.74, 6) is -1.12. The van der Waals surface area contributed by atoms with Gasteiger partial charge in [0.1, 0.15) is 5.75 Å². The van der Waals surface area contributed by atoms with Crippen LogP contribution in [0.4, 0.5) is 22.0 Å². The fourth-order valence-electron chi connectivity index (χ4n) is 2.61. The molecule has 0 amide bonds. The van der Waals surface area contributed by atoms with Crippen LogP contribution in [-0.2, 0) is 10.8 Å². The van der Waals surface area contributed by atoms with Crippen molar-refractivity contribution in [1.29, 1.82) is 0 Å². The van der Waals surface area contributed by atoms with Gasteiger partial charge < -0.3 is 9.47 Å². The first-order chi connectivity index (χ1) is 13.0. The molecule has 2 aromatic heterocycles. The molecule has 0 saturated heterocycles. The molecule has 1 aromatic carbocycles. The first-order valence-electron chi connectivity index (χ1n) is 8.10. The molecule has 28 heavy (non-hydrogen) atoms. The van der Waals surface area contributed by atoms with Crippen molar-refractivity contribution in [2.75, 3.05) is 0 Å². The molecular formula is C17H15F5N4O2. The SMILES string of the molecule is Cc1cc(OC(F)(F)F)ccc1-c1cn2c(C(F)(F)OC(C)C)nnc2cn1. The van der Waals surface area contributed by atoms with Gasteiger partial charge in [-0.2, -0.15) is 8.78 Å². The Morgan fingerprint density at radius 2 is 1.79 bits per heavy atom. The van der Waals surface area contributed by atoms with E-state index >= 15 is 0 Å². The lowest BCUT2D eigenvalue weighted by molar-refractivity contribution is -0.274. The average Bonchev–Trinajstić information content (AvgIpc) is 2.96. The quantitative estimate of drug-likeness (QED) is 0.590. The van der Waals surface area contributed by atoms with Gasteiger partial charge in [-0.15, -0.1) is 23.4 Å². The van der Waals surface area contributed by atoms with E-state index in [2.05, 4.69) is 24.7 Å². The molecule has 0 saturated carbocycles. The zero-order chi connectivity index (χ0) is 20.7. The van der Waals surface area contributed by atoms with Crippen LogP contribution in [0.1, 0.15) is 25.2 Å². The second-order valence-electron chi connectivity index (χ2n) is 6.23. The van der Waals surface area contributed by atoms with Crippen molar-refractivity contribution in [1.82, 2.24) is 19.6 Å². The lowest BCUT2D eigenvalue weighted by Crippen LogP contribution is -2.25. The molecule has 0 aliphatic carbocycles. The number of fused-ring (bicyclic) bond motifs is 1. The number of hydrogen-bond acceptors (Lipinski definition) is 5. The van der Waals surface area contributed by atoms with Crippen molar-refractivity contribution >= 4 is 5.65 Å². The standard InChI is InChI=1S/C17H15F5N4O2/c1-9(2)27-16(18,19)15-25-24-14-7-23-13(8-26(14)15)12-5-4-11(6-10(12)3)28-17(20,21)22/h4-9H,1-3H3. The molecule has 2 heterocycles. The number of hydrogen-bond donors (Lipinski definition) is 0. The predicted molar refractivity (Wildman–Crippen MR) is 87.8 cm³/mol. The topological polar surface area (TPSA) is 61.5 Å². The van der Waals surface area contributed by atoms with Crippen LogP contribution in [-0.4, -0.2) is 32.0 Å². The second-order valence-corrected chi connectivity index (χ2v) is 6.23. The van der Waals surface area contributed by atoms with Crippen molar-refractivity contribution < 1.29 is 31.4 Å². The smallest absolute Gasteiger partial charge is 0.406 e. The molecule has 0 spiro atoms. The van der Waals surface area contributed by atoms with Crippen molar-refractivity contribution in [2.24, 2.45) is 0 Å². The Morgan fingerprint density at radius 1 is 1.07 bits per heavy atom. The van der Waals surface area contributed by atoms with Crippen LogP contribution >= 0.6 is 0 Å². The number of benzene rings is 1. The first-order valence-corrected chi connectivity index (χ1v) is 8.10. The number of nitrogens with zero attached hydrogens (tertiary/aromatic N) is 4. The number of aryl methyl sites for hydroxylation is 1. The third kappa shape index (κ3) is 4.19. The molecule has 3 rings (SSSR count). The van der Waals surface area contributed by atoms with E-state index < -0.39 is 30.1 Å². The number of aromatic nitrogens is 4. The summed E-state index contributed by atoms with van der Waals surface area (Å²) in [5.41, 5.74) is 1.16. The molecule has 3 aromatic rings. The van der Waals surface area contributed by atoms with Crippen LogP contribution in [0.2, 0.25) is 0 Å². The molecular weight excluding hydrogens is 387 g/mol. The normalized spacial score (nSPS) is 12.8. The van der Waals surface area contributed by atoms with Crippen LogP contribution in [0, 0.1) is 6.92 Å². The van der Waals surface area contributed by atoms with E-state index in [9.17, 15) is 22.0 Å². The molecule has 0 fully saturated rings. The molecule has 0 unspecified atom stereocenters. The number of ether oxygens (including phenoxy) is 2. The molecule has 150 valence electrons. The van der Waals surface area contributed by atoms with E-state index in [0.29, 0.717) is 11.1 Å². The number of rotatable bonds is 5. The van der Waals surface area contributed by atoms with E-state index in [-0.39, 0.29) is 11.3 Å². The second kappa shape index (κ2) is 6.97. The van der Waals surface area contributed by atoms with Gasteiger partial charge in [0.05, 0.1) is 18.0 Å². The van der Waals surface area contributed by atoms with Gasteiger partial charge in [0.25, 0.3) is 0 Å². The van der Waals surface area contributed by atoms with E-state index in [4.69, 9.17) is 0 Å². The largest absolute Gasteiger partial charge is 0.573 e. The van der Waals surface area contributed by atoms with Crippen LogP contribution in [0.25, 0.3) is 16.9 Å². The maximum Gasteiger partial charge on any atom is 0.573 e. The van der Waals surface area contributed by atoms with Crippen molar-refractivity contribution in [3.63, 3.8) is 0 Å². The van der Waals surface area contributed by atoms with E-state index in [0.717, 1.165) is 10.5 Å². The van der Waals surface area contributed by atoms with E-state index in [1.54, 1.807) is 6.92 Å². The Balaban J connectivity index is 2.02. The van der Waals surface area contributed by atoms with Gasteiger partial charge in [-0.05, 0) is 44.5 Å². The van der Waals surface area contributed by atoms with E-state index in [1.165, 1.54) is 38.4 Å². The van der Waals surface area contributed by atoms with E-state index in [1.807, 2.05) is 0 Å². The summed E-state index contributed by atoms with van der Waals surface area (Å²) >= 11 is 0. The zero-order valence-electron chi connectivity index (χ0n) is 15.0. The molecule has 0 aliphatic rings. The van der Waals surface area contributed by atoms with Gasteiger partial charge in [-0.25, -0.2) is 0 Å². The van der Waals surface area contributed by atoms with Crippen LogP contribution in [0.15, 0.2) is 30.6 Å². The minimum absolute atomic E-state index is 0.0699. The van der Waals surface area contributed by atoms with Crippen LogP contribution in [0.3, 0.4) is 0 Å². The average molecular weight is 402 g/mol. The highest BCUT2D eigenvalue weighted by molar-refractivity contribution is 5.65. The Hall–Kier alpha value is -2.82. The molecule has 11 heteroatoms. The minimum Gasteiger partial charge on any atom is -0.406 e. The molecule has 0 radical (unpaired) electrons. The summed E-state index contributed by atoms with van der Waals surface area (Å²) in [6.45, 7) is 4.46. The number of alkyl halides is 5. The van der Waals surface area contributed by atoms with Gasteiger partial charge in [0.15, 0.2) is 5.65 Å². The highest BCUT2D eigenvalue weighted by Crippen LogP contribution is 2.32. The number of halogens is 5. The Bertz CT molecular complexity index is 1000. The van der Waals surface area contributed by atoms with Crippen molar-refractivity contribution in [2.45, 2.75) is 39.3 Å². The summed E-state index contributed by atoms with van der Waals surface area (Å²) < 4.78 is 75.2. The van der Waals surface area contributed by atoms with Crippen LogP contribution in [0.5, 0.6) is 5.75 Å². The maximum atomic E-state index is 14.3. The Kier molecular flexibility index (Phi) is 4.96. The lowest BCUT2D eigenvalue weighted by atomic mass is 10.1. The molecule has 0 bridgehead atoms. The van der Waals surface area contributed by atoms with Gasteiger partial charge >= 0.3 is 12.5 Å². The fourth-order valence-corrected chi connectivity index (χ4v) is 2.61. The third-order valence-electron chi connectivity index (χ3n) is 3.64. The molecule has 6 nitrogen and oxygen atoms in total.